The smallest absolute Gasteiger partial charge is 0.229 e. The second-order valence-corrected chi connectivity index (χ2v) is 7.55. The number of benzene rings is 2. The van der Waals surface area contributed by atoms with E-state index in [9.17, 15) is 9.59 Å². The van der Waals surface area contributed by atoms with Gasteiger partial charge < -0.3 is 10.2 Å². The predicted octanol–water partition coefficient (Wildman–Crippen LogP) is 3.53. The van der Waals surface area contributed by atoms with Gasteiger partial charge in [-0.1, -0.05) is 23.7 Å². The van der Waals surface area contributed by atoms with E-state index in [4.69, 9.17) is 11.6 Å². The zero-order chi connectivity index (χ0) is 20.5. The average molecular weight is 410 g/mol. The van der Waals surface area contributed by atoms with Crippen LogP contribution in [0.1, 0.15) is 17.5 Å². The van der Waals surface area contributed by atoms with Gasteiger partial charge in [0.1, 0.15) is 12.7 Å². The van der Waals surface area contributed by atoms with Crippen LogP contribution in [0.15, 0.2) is 49.1 Å². The molecule has 1 atom stereocenters. The highest BCUT2D eigenvalue weighted by Crippen LogP contribution is 2.31. The van der Waals surface area contributed by atoms with Crippen molar-refractivity contribution in [3.63, 3.8) is 0 Å². The highest BCUT2D eigenvalue weighted by atomic mass is 35.5. The van der Waals surface area contributed by atoms with Crippen molar-refractivity contribution in [2.24, 2.45) is 5.92 Å². The van der Waals surface area contributed by atoms with Crippen molar-refractivity contribution in [2.45, 2.75) is 20.3 Å². The topological polar surface area (TPSA) is 80.1 Å². The number of carbonyl (C=O) groups is 2. The summed E-state index contributed by atoms with van der Waals surface area (Å²) in [6, 6.07) is 11.0. The van der Waals surface area contributed by atoms with Crippen LogP contribution in [0.4, 0.5) is 11.4 Å². The summed E-state index contributed by atoms with van der Waals surface area (Å²) in [5, 5.41) is 7.51. The van der Waals surface area contributed by atoms with E-state index in [0.717, 1.165) is 16.8 Å². The molecule has 7 nitrogen and oxygen atoms in total. The van der Waals surface area contributed by atoms with Crippen molar-refractivity contribution in [3.05, 3.63) is 65.2 Å². The van der Waals surface area contributed by atoms with Crippen LogP contribution in [0, 0.1) is 19.8 Å². The maximum Gasteiger partial charge on any atom is 0.229 e. The van der Waals surface area contributed by atoms with E-state index in [1.54, 1.807) is 34.1 Å². The van der Waals surface area contributed by atoms with Gasteiger partial charge in [0, 0.05) is 23.7 Å². The van der Waals surface area contributed by atoms with E-state index in [-0.39, 0.29) is 18.2 Å². The van der Waals surface area contributed by atoms with E-state index < -0.39 is 5.92 Å². The van der Waals surface area contributed by atoms with Crippen LogP contribution in [0.25, 0.3) is 5.69 Å². The lowest BCUT2D eigenvalue weighted by Gasteiger charge is -2.20. The van der Waals surface area contributed by atoms with Crippen molar-refractivity contribution in [1.82, 2.24) is 14.8 Å². The first-order valence-electron chi connectivity index (χ1n) is 9.26. The molecule has 148 valence electrons. The minimum absolute atomic E-state index is 0.0542. The van der Waals surface area contributed by atoms with Crippen LogP contribution in [-0.2, 0) is 9.59 Å². The average Bonchev–Trinajstić information content (AvgIpc) is 3.34. The van der Waals surface area contributed by atoms with Gasteiger partial charge in [-0.15, -0.1) is 0 Å². The Morgan fingerprint density at radius 3 is 2.79 bits per heavy atom. The summed E-state index contributed by atoms with van der Waals surface area (Å²) in [7, 11) is 0. The summed E-state index contributed by atoms with van der Waals surface area (Å²) in [6.07, 6.45) is 3.12. The molecule has 1 N–H and O–H groups in total. The largest absolute Gasteiger partial charge is 0.324 e. The zero-order valence-corrected chi connectivity index (χ0v) is 16.8. The van der Waals surface area contributed by atoms with Gasteiger partial charge in [-0.05, 0) is 49.2 Å². The Hall–Kier alpha value is -3.19. The molecule has 2 heterocycles. The van der Waals surface area contributed by atoms with E-state index >= 15 is 0 Å². The molecule has 8 heteroatoms. The third-order valence-corrected chi connectivity index (χ3v) is 5.48. The van der Waals surface area contributed by atoms with Gasteiger partial charge in [0.2, 0.25) is 11.8 Å². The highest BCUT2D eigenvalue weighted by Gasteiger charge is 2.36. The number of hydrogen-bond donors (Lipinski definition) is 1. The van der Waals surface area contributed by atoms with Crippen LogP contribution in [0.2, 0.25) is 5.02 Å². The molecule has 0 radical (unpaired) electrons. The molecular weight excluding hydrogens is 390 g/mol. The van der Waals surface area contributed by atoms with Crippen LogP contribution < -0.4 is 10.2 Å². The molecule has 0 aliphatic carbocycles. The predicted molar refractivity (Wildman–Crippen MR) is 111 cm³/mol. The van der Waals surface area contributed by atoms with Crippen molar-refractivity contribution in [2.75, 3.05) is 16.8 Å². The molecule has 4 rings (SSSR count). The normalized spacial score (nSPS) is 16.3. The third-order valence-electron chi connectivity index (χ3n) is 5.24. The van der Waals surface area contributed by atoms with Crippen LogP contribution >= 0.6 is 11.6 Å². The number of rotatable bonds is 4. The van der Waals surface area contributed by atoms with E-state index in [2.05, 4.69) is 15.4 Å². The minimum Gasteiger partial charge on any atom is -0.324 e. The van der Waals surface area contributed by atoms with Crippen molar-refractivity contribution in [3.8, 4) is 5.69 Å². The quantitative estimate of drug-likeness (QED) is 0.714. The number of nitrogens with one attached hydrogen (secondary N) is 1. The fraction of sp³-hybridized carbons (Fsp3) is 0.238. The third kappa shape index (κ3) is 3.73. The summed E-state index contributed by atoms with van der Waals surface area (Å²) < 4.78 is 1.55. The maximum absolute atomic E-state index is 12.9. The molecule has 2 amide bonds. The molecular formula is C21H20ClN5O2. The molecule has 1 saturated heterocycles. The van der Waals surface area contributed by atoms with Gasteiger partial charge in [-0.3, -0.25) is 9.59 Å². The Kier molecular flexibility index (Phi) is 5.07. The molecule has 2 aromatic carbocycles. The summed E-state index contributed by atoms with van der Waals surface area (Å²) >= 11 is 6.12. The number of aryl methyl sites for hydroxylation is 1. The van der Waals surface area contributed by atoms with Crippen LogP contribution in [0.5, 0.6) is 0 Å². The van der Waals surface area contributed by atoms with Crippen LogP contribution in [0.3, 0.4) is 0 Å². The Balaban J connectivity index is 1.55. The lowest BCUT2D eigenvalue weighted by Crippen LogP contribution is -2.29. The molecule has 1 fully saturated rings. The molecule has 0 spiro atoms. The lowest BCUT2D eigenvalue weighted by atomic mass is 10.1. The van der Waals surface area contributed by atoms with Gasteiger partial charge in [0.25, 0.3) is 0 Å². The second-order valence-electron chi connectivity index (χ2n) is 7.12. The molecule has 1 aliphatic heterocycles. The number of amides is 2. The number of nitrogens with zero attached hydrogens (tertiary/aromatic N) is 4. The number of anilines is 2. The monoisotopic (exact) mass is 409 g/mol. The molecule has 0 saturated carbocycles. The van der Waals surface area contributed by atoms with Gasteiger partial charge in [0.15, 0.2) is 0 Å². The van der Waals surface area contributed by atoms with Gasteiger partial charge >= 0.3 is 0 Å². The minimum atomic E-state index is -0.454. The van der Waals surface area contributed by atoms with E-state index in [0.29, 0.717) is 22.9 Å². The fourth-order valence-corrected chi connectivity index (χ4v) is 3.69. The molecule has 0 bridgehead atoms. The number of aromatic nitrogens is 3. The Labute approximate surface area is 173 Å². The number of halogens is 1. The van der Waals surface area contributed by atoms with Crippen LogP contribution in [-0.4, -0.2) is 33.1 Å². The fourth-order valence-electron chi connectivity index (χ4n) is 3.52. The number of carbonyl (C=O) groups excluding carboxylic acids is 2. The highest BCUT2D eigenvalue weighted by molar-refractivity contribution is 6.31. The van der Waals surface area contributed by atoms with Crippen molar-refractivity contribution in [1.29, 1.82) is 0 Å². The van der Waals surface area contributed by atoms with Crippen molar-refractivity contribution < 1.29 is 9.59 Å². The Morgan fingerprint density at radius 2 is 2.03 bits per heavy atom. The Morgan fingerprint density at radius 1 is 1.21 bits per heavy atom. The molecule has 29 heavy (non-hydrogen) atoms. The first-order chi connectivity index (χ1) is 13.9. The lowest BCUT2D eigenvalue weighted by molar-refractivity contribution is -0.122. The summed E-state index contributed by atoms with van der Waals surface area (Å²) in [4.78, 5) is 31.2. The molecule has 3 aromatic rings. The summed E-state index contributed by atoms with van der Waals surface area (Å²) in [6.45, 7) is 4.34. The number of hydrogen-bond acceptors (Lipinski definition) is 4. The molecule has 0 unspecified atom stereocenters. The first kappa shape index (κ1) is 19.1. The van der Waals surface area contributed by atoms with Gasteiger partial charge in [-0.2, -0.15) is 5.10 Å². The zero-order valence-electron chi connectivity index (χ0n) is 16.1. The Bertz CT molecular complexity index is 1080. The summed E-state index contributed by atoms with van der Waals surface area (Å²) in [5.41, 5.74) is 4.18. The van der Waals surface area contributed by atoms with Gasteiger partial charge in [0.05, 0.1) is 17.3 Å². The van der Waals surface area contributed by atoms with Crippen molar-refractivity contribution >= 4 is 34.8 Å². The summed E-state index contributed by atoms with van der Waals surface area (Å²) in [5.74, 6) is -0.735. The molecule has 1 aromatic heterocycles. The maximum atomic E-state index is 12.9. The van der Waals surface area contributed by atoms with E-state index in [1.165, 1.54) is 6.33 Å². The van der Waals surface area contributed by atoms with Gasteiger partial charge in [-0.25, -0.2) is 9.67 Å². The SMILES string of the molecule is Cc1cccc(N2C[C@H](C(=O)Nc3cc(Cl)ccc3-n3cncn3)CC2=O)c1C. The van der Waals surface area contributed by atoms with E-state index in [1.807, 2.05) is 32.0 Å². The molecule has 1 aliphatic rings. The standard InChI is InChI=1S/C21H20ClN5O2/c1-13-4-3-5-18(14(13)2)26-10-15(8-20(26)28)21(29)25-17-9-16(22)6-7-19(17)27-12-23-11-24-27/h3-7,9,11-12,15H,8,10H2,1-2H3,(H,25,29)/t15-/m1/s1. The second kappa shape index (κ2) is 7.67. The first-order valence-corrected chi connectivity index (χ1v) is 9.64.